The van der Waals surface area contributed by atoms with E-state index in [0.29, 0.717) is 0 Å². The highest BCUT2D eigenvalue weighted by atomic mass is 32.2. The monoisotopic (exact) mass is 366 g/mol. The average molecular weight is 366 g/mol. The Bertz CT molecular complexity index is 1250. The summed E-state index contributed by atoms with van der Waals surface area (Å²) in [6.45, 7) is 2.11. The van der Waals surface area contributed by atoms with Gasteiger partial charge in [-0.3, -0.25) is 4.40 Å². The molecular weight excluding hydrogens is 348 g/mol. The lowest BCUT2D eigenvalue weighted by molar-refractivity contribution is 1.05. The molecule has 0 radical (unpaired) electrons. The van der Waals surface area contributed by atoms with Crippen LogP contribution in [0.25, 0.3) is 27.7 Å². The Labute approximate surface area is 162 Å². The zero-order chi connectivity index (χ0) is 18.2. The summed E-state index contributed by atoms with van der Waals surface area (Å²) in [5.74, 6) is 0. The van der Waals surface area contributed by atoms with Gasteiger partial charge in [0.2, 0.25) is 0 Å². The number of benzene rings is 3. The zero-order valence-electron chi connectivity index (χ0n) is 15.0. The molecular formula is C24H18N2S. The number of pyridine rings is 1. The summed E-state index contributed by atoms with van der Waals surface area (Å²) in [5.41, 5.74) is 4.41. The maximum atomic E-state index is 4.95. The van der Waals surface area contributed by atoms with Crippen molar-refractivity contribution in [2.75, 3.05) is 0 Å². The number of imidazole rings is 1. The first kappa shape index (κ1) is 16.2. The number of fused-ring (bicyclic) bond motifs is 2. The molecule has 5 rings (SSSR count). The van der Waals surface area contributed by atoms with E-state index in [4.69, 9.17) is 4.98 Å². The summed E-state index contributed by atoms with van der Waals surface area (Å²) < 4.78 is 2.18. The molecule has 2 aromatic heterocycles. The largest absolute Gasteiger partial charge is 0.294 e. The van der Waals surface area contributed by atoms with Gasteiger partial charge in [0.25, 0.3) is 0 Å². The van der Waals surface area contributed by atoms with Crippen molar-refractivity contribution in [2.45, 2.75) is 16.8 Å². The first-order valence-corrected chi connectivity index (χ1v) is 9.80. The Balaban J connectivity index is 1.69. The van der Waals surface area contributed by atoms with Crippen molar-refractivity contribution in [3.8, 4) is 11.3 Å². The second kappa shape index (κ2) is 6.60. The summed E-state index contributed by atoms with van der Waals surface area (Å²) in [7, 11) is 0. The normalized spacial score (nSPS) is 11.3. The average Bonchev–Trinajstić information content (AvgIpc) is 3.08. The SMILES string of the molecule is Cc1ccc(Sc2c(-c3ccc4ccccc4c3)nc3ccccn23)cc1. The topological polar surface area (TPSA) is 17.3 Å². The summed E-state index contributed by atoms with van der Waals surface area (Å²) in [6.07, 6.45) is 2.09. The number of aromatic nitrogens is 2. The Morgan fingerprint density at radius 3 is 2.41 bits per heavy atom. The van der Waals surface area contributed by atoms with E-state index in [0.717, 1.165) is 21.9 Å². The van der Waals surface area contributed by atoms with Crippen LogP contribution in [-0.4, -0.2) is 9.38 Å². The van der Waals surface area contributed by atoms with Crippen molar-refractivity contribution in [3.63, 3.8) is 0 Å². The van der Waals surface area contributed by atoms with E-state index < -0.39 is 0 Å². The van der Waals surface area contributed by atoms with Crippen LogP contribution in [0.3, 0.4) is 0 Å². The Hall–Kier alpha value is -3.04. The molecule has 3 heteroatoms. The van der Waals surface area contributed by atoms with Crippen LogP contribution in [0, 0.1) is 6.92 Å². The van der Waals surface area contributed by atoms with Crippen LogP contribution in [0.15, 0.2) is 101 Å². The van der Waals surface area contributed by atoms with E-state index in [2.05, 4.69) is 96.4 Å². The summed E-state index contributed by atoms with van der Waals surface area (Å²) in [6, 6.07) is 29.8. The second-order valence-electron chi connectivity index (χ2n) is 6.67. The fourth-order valence-electron chi connectivity index (χ4n) is 3.31. The number of hydrogen-bond donors (Lipinski definition) is 0. The molecule has 27 heavy (non-hydrogen) atoms. The minimum Gasteiger partial charge on any atom is -0.294 e. The van der Waals surface area contributed by atoms with Crippen molar-refractivity contribution >= 4 is 28.2 Å². The molecule has 0 amide bonds. The minimum atomic E-state index is 0.968. The fourth-order valence-corrected chi connectivity index (χ4v) is 4.32. The van der Waals surface area contributed by atoms with Crippen LogP contribution in [0.5, 0.6) is 0 Å². The maximum absolute atomic E-state index is 4.95. The summed E-state index contributed by atoms with van der Waals surface area (Å²) in [4.78, 5) is 6.16. The van der Waals surface area contributed by atoms with Crippen LogP contribution in [0.4, 0.5) is 0 Å². The van der Waals surface area contributed by atoms with Crippen LogP contribution in [-0.2, 0) is 0 Å². The Morgan fingerprint density at radius 2 is 1.56 bits per heavy atom. The predicted octanol–water partition coefficient (Wildman–Crippen LogP) is 6.61. The van der Waals surface area contributed by atoms with Gasteiger partial charge in [0.05, 0.1) is 0 Å². The van der Waals surface area contributed by atoms with Gasteiger partial charge < -0.3 is 0 Å². The predicted molar refractivity (Wildman–Crippen MR) is 113 cm³/mol. The Kier molecular flexibility index (Phi) is 3.95. The standard InChI is InChI=1S/C24H18N2S/c1-17-9-13-21(14-10-17)27-24-23(25-22-8-4-5-15-26(22)24)20-12-11-18-6-2-3-7-19(18)16-20/h2-16H,1H3. The smallest absolute Gasteiger partial charge is 0.138 e. The van der Waals surface area contributed by atoms with Gasteiger partial charge in [0, 0.05) is 16.7 Å². The minimum absolute atomic E-state index is 0.968. The quantitative estimate of drug-likeness (QED) is 0.357. The van der Waals surface area contributed by atoms with Gasteiger partial charge in [0.1, 0.15) is 16.4 Å². The van der Waals surface area contributed by atoms with Crippen LogP contribution < -0.4 is 0 Å². The third-order valence-electron chi connectivity index (χ3n) is 4.74. The third-order valence-corrected chi connectivity index (χ3v) is 5.84. The highest BCUT2D eigenvalue weighted by Crippen LogP contribution is 2.37. The van der Waals surface area contributed by atoms with E-state index in [1.807, 2.05) is 6.07 Å². The van der Waals surface area contributed by atoms with Crippen molar-refractivity contribution in [1.82, 2.24) is 9.38 Å². The molecule has 2 nitrogen and oxygen atoms in total. The molecule has 0 fully saturated rings. The van der Waals surface area contributed by atoms with Crippen molar-refractivity contribution in [2.24, 2.45) is 0 Å². The van der Waals surface area contributed by atoms with Gasteiger partial charge >= 0.3 is 0 Å². The van der Waals surface area contributed by atoms with Gasteiger partial charge in [-0.1, -0.05) is 71.9 Å². The zero-order valence-corrected chi connectivity index (χ0v) is 15.8. The van der Waals surface area contributed by atoms with E-state index in [1.165, 1.54) is 21.2 Å². The van der Waals surface area contributed by atoms with Crippen molar-refractivity contribution in [1.29, 1.82) is 0 Å². The molecule has 2 heterocycles. The van der Waals surface area contributed by atoms with Gasteiger partial charge in [-0.15, -0.1) is 0 Å². The van der Waals surface area contributed by atoms with Crippen LogP contribution >= 0.6 is 11.8 Å². The summed E-state index contributed by atoms with van der Waals surface area (Å²) >= 11 is 1.76. The molecule has 0 aliphatic heterocycles. The van der Waals surface area contributed by atoms with Crippen molar-refractivity contribution in [3.05, 3.63) is 96.7 Å². The van der Waals surface area contributed by atoms with Crippen molar-refractivity contribution < 1.29 is 0 Å². The lowest BCUT2D eigenvalue weighted by Crippen LogP contribution is -1.87. The Morgan fingerprint density at radius 1 is 0.778 bits per heavy atom. The first-order chi connectivity index (χ1) is 13.3. The van der Waals surface area contributed by atoms with E-state index in [1.54, 1.807) is 11.8 Å². The highest BCUT2D eigenvalue weighted by molar-refractivity contribution is 7.99. The highest BCUT2D eigenvalue weighted by Gasteiger charge is 2.15. The molecule has 0 atom stereocenters. The molecule has 0 aliphatic rings. The number of hydrogen-bond acceptors (Lipinski definition) is 2. The third kappa shape index (κ3) is 3.00. The lowest BCUT2D eigenvalue weighted by Gasteiger charge is -2.07. The number of aryl methyl sites for hydroxylation is 1. The summed E-state index contributed by atoms with van der Waals surface area (Å²) in [5, 5.41) is 3.63. The second-order valence-corrected chi connectivity index (χ2v) is 7.73. The van der Waals surface area contributed by atoms with Gasteiger partial charge in [-0.25, -0.2) is 4.98 Å². The van der Waals surface area contributed by atoms with E-state index in [9.17, 15) is 0 Å². The maximum Gasteiger partial charge on any atom is 0.138 e. The molecule has 130 valence electrons. The molecule has 5 aromatic rings. The first-order valence-electron chi connectivity index (χ1n) is 8.99. The molecule has 3 aromatic carbocycles. The van der Waals surface area contributed by atoms with Gasteiger partial charge in [-0.05, 0) is 48.0 Å². The molecule has 0 saturated heterocycles. The van der Waals surface area contributed by atoms with Gasteiger partial charge in [0.15, 0.2) is 0 Å². The molecule has 0 aliphatic carbocycles. The molecule has 0 bridgehead atoms. The van der Waals surface area contributed by atoms with Crippen LogP contribution in [0.2, 0.25) is 0 Å². The molecule has 0 N–H and O–H groups in total. The number of rotatable bonds is 3. The van der Waals surface area contributed by atoms with E-state index in [-0.39, 0.29) is 0 Å². The fraction of sp³-hybridized carbons (Fsp3) is 0.0417. The molecule has 0 saturated carbocycles. The van der Waals surface area contributed by atoms with Crippen LogP contribution in [0.1, 0.15) is 5.56 Å². The van der Waals surface area contributed by atoms with E-state index >= 15 is 0 Å². The van der Waals surface area contributed by atoms with Gasteiger partial charge in [-0.2, -0.15) is 0 Å². The molecule has 0 spiro atoms. The lowest BCUT2D eigenvalue weighted by atomic mass is 10.1. The molecule has 0 unspecified atom stereocenters. The number of nitrogens with zero attached hydrogens (tertiary/aromatic N) is 2.